The molecule has 0 aliphatic heterocycles. The van der Waals surface area contributed by atoms with Crippen molar-refractivity contribution in [2.75, 3.05) is 33.2 Å². The molecule has 0 saturated carbocycles. The molecule has 1 rings (SSSR count). The van der Waals surface area contributed by atoms with Crippen molar-refractivity contribution in [2.24, 2.45) is 0 Å². The summed E-state index contributed by atoms with van der Waals surface area (Å²) >= 11 is 3.22. The molecule has 0 unspecified atom stereocenters. The average molecular weight is 381 g/mol. The molecule has 1 aromatic rings. The first-order valence-corrected chi connectivity index (χ1v) is 8.82. The van der Waals surface area contributed by atoms with E-state index in [1.54, 1.807) is 6.92 Å². The van der Waals surface area contributed by atoms with Crippen molar-refractivity contribution in [3.8, 4) is 5.75 Å². The molecule has 1 aromatic carbocycles. The number of halogens is 1. The number of hydrogen-bond donors (Lipinski definition) is 0. The molecule has 118 valence electrons. The van der Waals surface area contributed by atoms with Crippen LogP contribution >= 0.6 is 15.9 Å². The minimum atomic E-state index is -3.50. The predicted octanol–water partition coefficient (Wildman–Crippen LogP) is 2.05. The monoisotopic (exact) mass is 380 g/mol. The van der Waals surface area contributed by atoms with Crippen LogP contribution in [0.3, 0.4) is 0 Å². The number of ether oxygens (including phenoxy) is 3. The molecule has 0 heterocycles. The van der Waals surface area contributed by atoms with E-state index in [0.717, 1.165) is 6.26 Å². The number of hydrogen-bond acceptors (Lipinski definition) is 6. The molecule has 0 amide bonds. The number of rotatable bonds is 7. The van der Waals surface area contributed by atoms with Crippen LogP contribution in [0.4, 0.5) is 0 Å². The minimum Gasteiger partial charge on any atom is -0.489 e. The van der Waals surface area contributed by atoms with Crippen LogP contribution in [0.25, 0.3) is 0 Å². The topological polar surface area (TPSA) is 78.9 Å². The molecule has 0 spiro atoms. The van der Waals surface area contributed by atoms with Gasteiger partial charge in [0.2, 0.25) is 0 Å². The van der Waals surface area contributed by atoms with Gasteiger partial charge in [0.1, 0.15) is 11.5 Å². The Balaban J connectivity index is 3.30. The highest BCUT2D eigenvalue weighted by molar-refractivity contribution is 9.10. The van der Waals surface area contributed by atoms with Crippen LogP contribution in [0.2, 0.25) is 0 Å². The van der Waals surface area contributed by atoms with E-state index in [4.69, 9.17) is 14.2 Å². The van der Waals surface area contributed by atoms with E-state index >= 15 is 0 Å². The van der Waals surface area contributed by atoms with Crippen LogP contribution < -0.4 is 4.74 Å². The first-order chi connectivity index (χ1) is 9.82. The van der Waals surface area contributed by atoms with E-state index in [1.807, 2.05) is 0 Å². The Morgan fingerprint density at radius 2 is 1.95 bits per heavy atom. The van der Waals surface area contributed by atoms with E-state index in [0.29, 0.717) is 6.61 Å². The highest BCUT2D eigenvalue weighted by Crippen LogP contribution is 2.35. The Bertz CT molecular complexity index is 611. The Kier molecular flexibility index (Phi) is 6.63. The van der Waals surface area contributed by atoms with Crippen molar-refractivity contribution in [3.05, 3.63) is 22.2 Å². The molecule has 0 fully saturated rings. The van der Waals surface area contributed by atoms with E-state index in [9.17, 15) is 13.2 Å². The van der Waals surface area contributed by atoms with Gasteiger partial charge in [0, 0.05) is 13.4 Å². The Labute approximate surface area is 132 Å². The second kappa shape index (κ2) is 7.77. The first-order valence-electron chi connectivity index (χ1n) is 6.14. The summed E-state index contributed by atoms with van der Waals surface area (Å²) in [4.78, 5) is 11.8. The Morgan fingerprint density at radius 1 is 1.29 bits per heavy atom. The number of carbonyl (C=O) groups excluding carboxylic acids is 1. The van der Waals surface area contributed by atoms with Gasteiger partial charge in [-0.25, -0.2) is 13.2 Å². The van der Waals surface area contributed by atoms with Gasteiger partial charge < -0.3 is 14.2 Å². The normalized spacial score (nSPS) is 11.2. The fourth-order valence-corrected chi connectivity index (χ4v) is 3.12. The van der Waals surface area contributed by atoms with Gasteiger partial charge in [0.05, 0.1) is 23.2 Å². The second-order valence-corrected chi connectivity index (χ2v) is 6.87. The number of esters is 1. The van der Waals surface area contributed by atoms with Gasteiger partial charge >= 0.3 is 5.97 Å². The lowest BCUT2D eigenvalue weighted by Gasteiger charge is -2.14. The van der Waals surface area contributed by atoms with Crippen molar-refractivity contribution in [1.29, 1.82) is 0 Å². The average Bonchev–Trinajstić information content (AvgIpc) is 2.39. The third-order valence-electron chi connectivity index (χ3n) is 2.49. The van der Waals surface area contributed by atoms with Crippen molar-refractivity contribution in [1.82, 2.24) is 0 Å². The summed E-state index contributed by atoms with van der Waals surface area (Å²) in [6, 6.07) is 2.72. The lowest BCUT2D eigenvalue weighted by Crippen LogP contribution is -2.12. The zero-order valence-electron chi connectivity index (χ0n) is 12.0. The SMILES string of the molecule is CCOC(=O)c1ccc(S(C)(=O)=O)c(OCCOC)c1Br. The summed E-state index contributed by atoms with van der Waals surface area (Å²) in [5, 5.41) is 0. The van der Waals surface area contributed by atoms with Gasteiger partial charge in [-0.15, -0.1) is 0 Å². The summed E-state index contributed by atoms with van der Waals surface area (Å²) < 4.78 is 39.1. The van der Waals surface area contributed by atoms with Gasteiger partial charge in [-0.05, 0) is 35.0 Å². The van der Waals surface area contributed by atoms with Crippen LogP contribution in [0.1, 0.15) is 17.3 Å². The van der Waals surface area contributed by atoms with E-state index in [1.165, 1.54) is 19.2 Å². The number of benzene rings is 1. The summed E-state index contributed by atoms with van der Waals surface area (Å²) in [5.74, 6) is -0.471. The fraction of sp³-hybridized carbons (Fsp3) is 0.462. The molecule has 0 aliphatic carbocycles. The van der Waals surface area contributed by atoms with Crippen molar-refractivity contribution >= 4 is 31.7 Å². The molecule has 8 heteroatoms. The number of sulfone groups is 1. The van der Waals surface area contributed by atoms with E-state index in [-0.39, 0.29) is 33.9 Å². The highest BCUT2D eigenvalue weighted by atomic mass is 79.9. The highest BCUT2D eigenvalue weighted by Gasteiger charge is 2.23. The number of methoxy groups -OCH3 is 1. The molecule has 0 N–H and O–H groups in total. The molecule has 0 aromatic heterocycles. The van der Waals surface area contributed by atoms with Crippen LogP contribution in [-0.2, 0) is 19.3 Å². The third-order valence-corrected chi connectivity index (χ3v) is 4.40. The summed E-state index contributed by atoms with van der Waals surface area (Å²) in [7, 11) is -1.99. The third kappa shape index (κ3) is 4.69. The summed E-state index contributed by atoms with van der Waals surface area (Å²) in [6.45, 7) is 2.36. The molecule has 0 bridgehead atoms. The van der Waals surface area contributed by atoms with Gasteiger partial charge in [-0.2, -0.15) is 0 Å². The standard InChI is InChI=1S/C13H17BrO6S/c1-4-19-13(15)9-5-6-10(21(3,16)17)12(11(9)14)20-8-7-18-2/h5-6H,4,7-8H2,1-3H3. The lowest BCUT2D eigenvalue weighted by atomic mass is 10.2. The van der Waals surface area contributed by atoms with Crippen LogP contribution in [0, 0.1) is 0 Å². The quantitative estimate of drug-likeness (QED) is 0.532. The van der Waals surface area contributed by atoms with Gasteiger partial charge in [-0.3, -0.25) is 0 Å². The molecule has 0 aliphatic rings. The zero-order chi connectivity index (χ0) is 16.0. The first kappa shape index (κ1) is 17.9. The van der Waals surface area contributed by atoms with E-state index in [2.05, 4.69) is 15.9 Å². The van der Waals surface area contributed by atoms with Gasteiger partial charge in [0.15, 0.2) is 15.6 Å². The maximum Gasteiger partial charge on any atom is 0.339 e. The van der Waals surface area contributed by atoms with Crippen LogP contribution in [0.15, 0.2) is 21.5 Å². The molecule has 6 nitrogen and oxygen atoms in total. The minimum absolute atomic E-state index is 0.00136. The molecular formula is C13H17BrO6S. The Hall–Kier alpha value is -1.12. The number of carbonyl (C=O) groups is 1. The van der Waals surface area contributed by atoms with Gasteiger partial charge in [0.25, 0.3) is 0 Å². The lowest BCUT2D eigenvalue weighted by molar-refractivity contribution is 0.0524. The maximum absolute atomic E-state index is 11.8. The molecule has 0 radical (unpaired) electrons. The second-order valence-electron chi connectivity index (χ2n) is 4.09. The maximum atomic E-state index is 11.8. The van der Waals surface area contributed by atoms with Crippen LogP contribution in [0.5, 0.6) is 5.75 Å². The Morgan fingerprint density at radius 3 is 2.48 bits per heavy atom. The smallest absolute Gasteiger partial charge is 0.339 e. The van der Waals surface area contributed by atoms with E-state index < -0.39 is 15.8 Å². The fourth-order valence-electron chi connectivity index (χ4n) is 1.56. The molecule has 0 saturated heterocycles. The van der Waals surface area contributed by atoms with Crippen molar-refractivity contribution in [2.45, 2.75) is 11.8 Å². The largest absolute Gasteiger partial charge is 0.489 e. The van der Waals surface area contributed by atoms with Crippen molar-refractivity contribution in [3.63, 3.8) is 0 Å². The summed E-state index contributed by atoms with van der Waals surface area (Å²) in [6.07, 6.45) is 1.07. The molecule has 21 heavy (non-hydrogen) atoms. The zero-order valence-corrected chi connectivity index (χ0v) is 14.4. The molecular weight excluding hydrogens is 364 g/mol. The van der Waals surface area contributed by atoms with Crippen molar-refractivity contribution < 1.29 is 27.4 Å². The molecule has 0 atom stereocenters. The van der Waals surface area contributed by atoms with Crippen LogP contribution in [-0.4, -0.2) is 47.6 Å². The van der Waals surface area contributed by atoms with Gasteiger partial charge in [-0.1, -0.05) is 0 Å². The summed E-state index contributed by atoms with van der Waals surface area (Å²) in [5.41, 5.74) is 0.205. The predicted molar refractivity (Wildman–Crippen MR) is 80.6 cm³/mol.